The lowest BCUT2D eigenvalue weighted by molar-refractivity contribution is -0.141. The van der Waals surface area contributed by atoms with Crippen LogP contribution in [0, 0.1) is 5.92 Å². The fourth-order valence-electron chi connectivity index (χ4n) is 9.33. The number of unbranched alkanes of at least 4 members (excludes halogenated alkanes) is 1. The Labute approximate surface area is 292 Å². The van der Waals surface area contributed by atoms with E-state index >= 15 is 0 Å². The minimum Gasteiger partial charge on any atom is -0.508 e. The third kappa shape index (κ3) is 5.91. The zero-order valence-corrected chi connectivity index (χ0v) is 28.5. The first-order chi connectivity index (χ1) is 24.2. The van der Waals surface area contributed by atoms with Crippen LogP contribution < -0.4 is 9.47 Å². The van der Waals surface area contributed by atoms with Crippen molar-refractivity contribution in [3.8, 4) is 17.2 Å². The first-order valence-corrected chi connectivity index (χ1v) is 17.8. The van der Waals surface area contributed by atoms with Gasteiger partial charge in [0, 0.05) is 66.1 Å². The first-order valence-electron chi connectivity index (χ1n) is 17.8. The molecule has 5 atom stereocenters. The maximum absolute atomic E-state index is 14.3. The number of aromatic hydroxyl groups is 1. The summed E-state index contributed by atoms with van der Waals surface area (Å²) in [6.07, 6.45) is 5.79. The number of hydrogen-bond donors (Lipinski definition) is 1. The summed E-state index contributed by atoms with van der Waals surface area (Å²) in [5.41, 5.74) is 2.34. The highest BCUT2D eigenvalue weighted by molar-refractivity contribution is 5.99. The minimum atomic E-state index is -0.543. The zero-order valence-electron chi connectivity index (χ0n) is 28.5. The number of amides is 1. The predicted octanol–water partition coefficient (Wildman–Crippen LogP) is 6.07. The van der Waals surface area contributed by atoms with Crippen LogP contribution in [0.5, 0.6) is 17.2 Å². The van der Waals surface area contributed by atoms with Crippen LogP contribution in [0.2, 0.25) is 0 Å². The van der Waals surface area contributed by atoms with Crippen molar-refractivity contribution in [2.24, 2.45) is 5.92 Å². The van der Waals surface area contributed by atoms with Crippen LogP contribution in [-0.4, -0.2) is 76.2 Å². The minimum absolute atomic E-state index is 0.0426. The molecule has 3 aromatic carbocycles. The number of carbonyl (C=O) groups is 4. The third-order valence-corrected chi connectivity index (χ3v) is 11.4. The Balaban J connectivity index is 1.22. The molecule has 4 aliphatic rings. The number of ether oxygens (including phenoxy) is 2. The van der Waals surface area contributed by atoms with Gasteiger partial charge in [-0.2, -0.15) is 0 Å². The Hall–Kier alpha value is -4.76. The molecule has 0 unspecified atom stereocenters. The number of benzene rings is 3. The molecule has 2 fully saturated rings. The highest BCUT2D eigenvalue weighted by Gasteiger charge is 2.67. The number of phenols is 1. The van der Waals surface area contributed by atoms with E-state index in [0.29, 0.717) is 49.0 Å². The van der Waals surface area contributed by atoms with Gasteiger partial charge in [0.05, 0.1) is 12.6 Å². The summed E-state index contributed by atoms with van der Waals surface area (Å²) in [7, 11) is 0. The van der Waals surface area contributed by atoms with Crippen LogP contribution in [0.1, 0.15) is 83.7 Å². The Kier molecular flexibility index (Phi) is 9.35. The van der Waals surface area contributed by atoms with Gasteiger partial charge < -0.3 is 19.5 Å². The molecule has 1 saturated carbocycles. The Morgan fingerprint density at radius 1 is 1.00 bits per heavy atom. The molecule has 260 valence electrons. The maximum Gasteiger partial charge on any atom is 0.308 e. The summed E-state index contributed by atoms with van der Waals surface area (Å²) in [5, 5.41) is 11.4. The Bertz CT molecular complexity index is 1810. The van der Waals surface area contributed by atoms with Crippen molar-refractivity contribution in [1.82, 2.24) is 9.80 Å². The number of nitrogens with zero attached hydrogens (tertiary/aromatic N) is 2. The van der Waals surface area contributed by atoms with Gasteiger partial charge in [0.15, 0.2) is 23.1 Å². The van der Waals surface area contributed by atoms with Crippen LogP contribution >= 0.6 is 0 Å². The number of Topliss-reactive ketones (excluding diaryl/α,β-unsaturated/α-hetero) is 2. The van der Waals surface area contributed by atoms with Gasteiger partial charge in [-0.1, -0.05) is 66.7 Å². The second-order valence-corrected chi connectivity index (χ2v) is 14.1. The van der Waals surface area contributed by atoms with Crippen LogP contribution in [0.4, 0.5) is 0 Å². The average Bonchev–Trinajstić information content (AvgIpc) is 3.46. The number of phenolic OH excluding ortho intramolecular Hbond substituents is 1. The monoisotopic (exact) mass is 676 g/mol. The topological polar surface area (TPSA) is 113 Å². The second-order valence-electron chi connectivity index (χ2n) is 14.1. The molecule has 0 radical (unpaired) electrons. The van der Waals surface area contributed by atoms with Gasteiger partial charge in [-0.05, 0) is 51.0 Å². The molecule has 1 amide bonds. The second kappa shape index (κ2) is 13.9. The van der Waals surface area contributed by atoms with Crippen molar-refractivity contribution in [3.63, 3.8) is 0 Å². The number of likely N-dealkylation sites (tertiary alicyclic amines) is 1. The standard InChI is InChI=1S/C41H44N2O7/c1-3-21-42-22-20-41-30-18-19-31(40(41)50-39-36(49-26(2)44)24-34(46)29(38(39)41)23-32(30)42)43(25-35(47)28-14-8-5-9-15-28)37(48)17-11-10-16-33(45)27-12-6-4-7-13-27/h3-9,12-15,24,30-32,40,46H,1,10-11,16-23,25H2,2H3/t30-,31+,32+,40-,41-/m0/s1. The van der Waals surface area contributed by atoms with E-state index in [1.54, 1.807) is 29.2 Å². The number of hydrogen-bond acceptors (Lipinski definition) is 8. The molecule has 2 aliphatic heterocycles. The zero-order chi connectivity index (χ0) is 35.0. The molecule has 2 heterocycles. The van der Waals surface area contributed by atoms with E-state index < -0.39 is 23.5 Å². The SMILES string of the molecule is C=CCN1CC[C@]23c4c5c(O)cc(OC(C)=O)c4O[C@H]2[C@H](N(CC(=O)c2ccccc2)C(=O)CCCCC(=O)c2ccccc2)CC[C@H]3[C@H]1C5. The number of carbonyl (C=O) groups excluding carboxylic acids is 4. The third-order valence-electron chi connectivity index (χ3n) is 11.4. The number of esters is 1. The molecule has 9 nitrogen and oxygen atoms in total. The normalized spacial score (nSPS) is 24.4. The van der Waals surface area contributed by atoms with Gasteiger partial charge >= 0.3 is 5.97 Å². The maximum atomic E-state index is 14.3. The number of rotatable bonds is 13. The molecule has 2 bridgehead atoms. The molecule has 3 aromatic rings. The highest BCUT2D eigenvalue weighted by atomic mass is 16.6. The van der Waals surface area contributed by atoms with E-state index in [2.05, 4.69) is 11.5 Å². The molecule has 50 heavy (non-hydrogen) atoms. The summed E-state index contributed by atoms with van der Waals surface area (Å²) in [4.78, 5) is 57.2. The van der Waals surface area contributed by atoms with E-state index in [1.165, 1.54) is 13.0 Å². The molecule has 0 aromatic heterocycles. The van der Waals surface area contributed by atoms with E-state index in [0.717, 1.165) is 37.1 Å². The molecule has 2 aliphatic carbocycles. The van der Waals surface area contributed by atoms with Crippen LogP contribution in [-0.2, 0) is 21.4 Å². The van der Waals surface area contributed by atoms with Crippen molar-refractivity contribution in [2.75, 3.05) is 19.6 Å². The van der Waals surface area contributed by atoms with Gasteiger partial charge in [0.2, 0.25) is 5.91 Å². The van der Waals surface area contributed by atoms with Gasteiger partial charge in [-0.25, -0.2) is 0 Å². The number of piperidine rings is 1. The van der Waals surface area contributed by atoms with E-state index in [-0.39, 0.29) is 53.9 Å². The Morgan fingerprint density at radius 2 is 1.68 bits per heavy atom. The largest absolute Gasteiger partial charge is 0.508 e. The molecular weight excluding hydrogens is 632 g/mol. The quantitative estimate of drug-likeness (QED) is 0.0764. The smallest absolute Gasteiger partial charge is 0.308 e. The van der Waals surface area contributed by atoms with Crippen molar-refractivity contribution in [1.29, 1.82) is 0 Å². The summed E-state index contributed by atoms with van der Waals surface area (Å²) >= 11 is 0. The van der Waals surface area contributed by atoms with E-state index in [4.69, 9.17) is 9.47 Å². The van der Waals surface area contributed by atoms with Crippen molar-refractivity contribution < 1.29 is 33.8 Å². The predicted molar refractivity (Wildman–Crippen MR) is 188 cm³/mol. The summed E-state index contributed by atoms with van der Waals surface area (Å²) < 4.78 is 12.5. The number of ketones is 2. The van der Waals surface area contributed by atoms with Gasteiger partial charge in [0.1, 0.15) is 11.9 Å². The van der Waals surface area contributed by atoms with Crippen molar-refractivity contribution in [3.05, 3.63) is 102 Å². The van der Waals surface area contributed by atoms with Gasteiger partial charge in [-0.3, -0.25) is 24.1 Å². The highest BCUT2D eigenvalue weighted by Crippen LogP contribution is 2.65. The van der Waals surface area contributed by atoms with Gasteiger partial charge in [0.25, 0.3) is 0 Å². The Morgan fingerprint density at radius 3 is 2.36 bits per heavy atom. The summed E-state index contributed by atoms with van der Waals surface area (Å²) in [6, 6.07) is 19.3. The fraction of sp³-hybridized carbons (Fsp3) is 0.415. The van der Waals surface area contributed by atoms with Gasteiger partial charge in [-0.15, -0.1) is 6.58 Å². The molecule has 9 heteroatoms. The average molecular weight is 677 g/mol. The lowest BCUT2D eigenvalue weighted by Gasteiger charge is -2.60. The molecule has 1 saturated heterocycles. The molecule has 1 N–H and O–H groups in total. The van der Waals surface area contributed by atoms with Crippen LogP contribution in [0.25, 0.3) is 0 Å². The van der Waals surface area contributed by atoms with Crippen molar-refractivity contribution in [2.45, 2.75) is 81.9 Å². The summed E-state index contributed by atoms with van der Waals surface area (Å²) in [5.74, 6) is 0.109. The molecular formula is C41H44N2O7. The van der Waals surface area contributed by atoms with E-state index in [1.807, 2.05) is 42.5 Å². The van der Waals surface area contributed by atoms with Crippen LogP contribution in [0.3, 0.4) is 0 Å². The van der Waals surface area contributed by atoms with E-state index in [9.17, 15) is 24.3 Å². The fourth-order valence-corrected chi connectivity index (χ4v) is 9.33. The first kappa shape index (κ1) is 33.7. The van der Waals surface area contributed by atoms with Crippen molar-refractivity contribution >= 4 is 23.4 Å². The van der Waals surface area contributed by atoms with Crippen LogP contribution in [0.15, 0.2) is 79.4 Å². The lowest BCUT2D eigenvalue weighted by atomic mass is 9.50. The summed E-state index contributed by atoms with van der Waals surface area (Å²) in [6.45, 7) is 6.72. The lowest BCUT2D eigenvalue weighted by Crippen LogP contribution is -2.69. The molecule has 1 spiro atoms. The molecule has 7 rings (SSSR count).